The molecule has 0 radical (unpaired) electrons. The second-order valence-corrected chi connectivity index (χ2v) is 6.51. The van der Waals surface area contributed by atoms with E-state index in [4.69, 9.17) is 0 Å². The van der Waals surface area contributed by atoms with Crippen molar-refractivity contribution < 1.29 is 5.11 Å². The summed E-state index contributed by atoms with van der Waals surface area (Å²) in [6.45, 7) is 1.97. The van der Waals surface area contributed by atoms with E-state index in [9.17, 15) is 5.11 Å². The second kappa shape index (κ2) is 5.46. The predicted molar refractivity (Wildman–Crippen MR) is 103 cm³/mol. The van der Waals surface area contributed by atoms with Crippen molar-refractivity contribution in [3.63, 3.8) is 0 Å². The van der Waals surface area contributed by atoms with E-state index >= 15 is 0 Å². The molecular formula is C21H16N4O. The van der Waals surface area contributed by atoms with Gasteiger partial charge < -0.3 is 10.1 Å². The molecule has 0 aliphatic heterocycles. The fraction of sp³-hybridized carbons (Fsp3) is 0.0476. The van der Waals surface area contributed by atoms with E-state index in [1.165, 1.54) is 0 Å². The van der Waals surface area contributed by atoms with Crippen molar-refractivity contribution >= 4 is 21.9 Å². The third-order valence-corrected chi connectivity index (χ3v) is 4.60. The summed E-state index contributed by atoms with van der Waals surface area (Å²) in [4.78, 5) is 7.76. The Bertz CT molecular complexity index is 1210. The monoisotopic (exact) mass is 340 g/mol. The number of phenolic OH excluding ortho intramolecular Hbond substituents is 1. The molecule has 5 heteroatoms. The van der Waals surface area contributed by atoms with Crippen molar-refractivity contribution in [3.05, 3.63) is 66.4 Å². The van der Waals surface area contributed by atoms with Crippen LogP contribution in [0.5, 0.6) is 5.75 Å². The molecule has 0 saturated carbocycles. The minimum Gasteiger partial charge on any atom is -0.508 e. The number of hydrogen-bond acceptors (Lipinski definition) is 3. The number of pyridine rings is 1. The Morgan fingerprint density at radius 1 is 0.923 bits per heavy atom. The number of aromatic amines is 2. The van der Waals surface area contributed by atoms with Gasteiger partial charge in [-0.2, -0.15) is 5.10 Å². The van der Waals surface area contributed by atoms with Crippen LogP contribution >= 0.6 is 0 Å². The number of aromatic nitrogens is 4. The number of benzene rings is 2. The van der Waals surface area contributed by atoms with Crippen LogP contribution in [0.2, 0.25) is 0 Å². The smallest absolute Gasteiger partial charge is 0.116 e. The molecule has 0 fully saturated rings. The van der Waals surface area contributed by atoms with E-state index in [0.717, 1.165) is 50.0 Å². The average Bonchev–Trinajstić information content (AvgIpc) is 3.23. The molecule has 0 aliphatic carbocycles. The van der Waals surface area contributed by atoms with Gasteiger partial charge in [-0.05, 0) is 66.1 Å². The summed E-state index contributed by atoms with van der Waals surface area (Å²) in [6.07, 6.45) is 1.78. The van der Waals surface area contributed by atoms with Crippen LogP contribution in [0, 0.1) is 6.92 Å². The predicted octanol–water partition coefficient (Wildman–Crippen LogP) is 4.79. The van der Waals surface area contributed by atoms with Crippen LogP contribution in [0.15, 0.2) is 60.8 Å². The third-order valence-electron chi connectivity index (χ3n) is 4.60. The van der Waals surface area contributed by atoms with E-state index in [1.807, 2.05) is 37.3 Å². The maximum atomic E-state index is 9.91. The number of hydrogen-bond donors (Lipinski definition) is 3. The number of nitrogens with zero attached hydrogens (tertiary/aromatic N) is 2. The summed E-state index contributed by atoms with van der Waals surface area (Å²) in [5.41, 5.74) is 7.69. The number of rotatable bonds is 2. The van der Waals surface area contributed by atoms with Crippen LogP contribution < -0.4 is 0 Å². The van der Waals surface area contributed by atoms with Crippen LogP contribution in [0.3, 0.4) is 0 Å². The van der Waals surface area contributed by atoms with Gasteiger partial charge in [-0.25, -0.2) is 0 Å². The first-order chi connectivity index (χ1) is 12.7. The number of H-pyrrole nitrogens is 2. The maximum absolute atomic E-state index is 9.91. The van der Waals surface area contributed by atoms with E-state index < -0.39 is 0 Å². The lowest BCUT2D eigenvalue weighted by atomic mass is 10.0. The molecule has 0 saturated heterocycles. The highest BCUT2D eigenvalue weighted by molar-refractivity contribution is 5.97. The van der Waals surface area contributed by atoms with Crippen molar-refractivity contribution in [2.75, 3.05) is 0 Å². The maximum Gasteiger partial charge on any atom is 0.116 e. The van der Waals surface area contributed by atoms with E-state index in [-0.39, 0.29) is 5.75 Å². The van der Waals surface area contributed by atoms with Crippen molar-refractivity contribution in [3.8, 4) is 28.3 Å². The minimum absolute atomic E-state index is 0.272. The van der Waals surface area contributed by atoms with E-state index in [2.05, 4.69) is 32.3 Å². The molecule has 3 aromatic heterocycles. The molecule has 0 atom stereocenters. The van der Waals surface area contributed by atoms with Gasteiger partial charge >= 0.3 is 0 Å². The van der Waals surface area contributed by atoms with Gasteiger partial charge in [0.05, 0.1) is 22.2 Å². The number of phenols is 1. The molecule has 5 aromatic rings. The highest BCUT2D eigenvalue weighted by Gasteiger charge is 2.12. The Labute approximate surface area is 149 Å². The van der Waals surface area contributed by atoms with Gasteiger partial charge in [-0.15, -0.1) is 0 Å². The molecule has 5 rings (SSSR count). The number of fused-ring (bicyclic) bond motifs is 2. The topological polar surface area (TPSA) is 77.6 Å². The number of aryl methyl sites for hydroxylation is 1. The summed E-state index contributed by atoms with van der Waals surface area (Å²) in [6, 6.07) is 17.7. The van der Waals surface area contributed by atoms with Crippen molar-refractivity contribution in [2.45, 2.75) is 6.92 Å². The van der Waals surface area contributed by atoms with Crippen LogP contribution in [0.25, 0.3) is 44.5 Å². The molecule has 126 valence electrons. The Hall–Kier alpha value is -3.60. The van der Waals surface area contributed by atoms with Gasteiger partial charge in [0.15, 0.2) is 0 Å². The summed E-state index contributed by atoms with van der Waals surface area (Å²) < 4.78 is 0. The molecule has 0 bridgehead atoms. The first-order valence-electron chi connectivity index (χ1n) is 8.41. The van der Waals surface area contributed by atoms with Crippen molar-refractivity contribution in [1.29, 1.82) is 0 Å². The summed E-state index contributed by atoms with van der Waals surface area (Å²) >= 11 is 0. The van der Waals surface area contributed by atoms with Gasteiger partial charge in [0, 0.05) is 11.6 Å². The first kappa shape index (κ1) is 14.7. The Kier molecular flexibility index (Phi) is 3.09. The fourth-order valence-corrected chi connectivity index (χ4v) is 3.41. The molecule has 3 heterocycles. The zero-order valence-electron chi connectivity index (χ0n) is 14.1. The van der Waals surface area contributed by atoms with Crippen LogP contribution in [-0.2, 0) is 0 Å². The Morgan fingerprint density at radius 3 is 2.69 bits per heavy atom. The quantitative estimate of drug-likeness (QED) is 0.432. The van der Waals surface area contributed by atoms with Gasteiger partial charge in [-0.3, -0.25) is 10.1 Å². The lowest BCUT2D eigenvalue weighted by Crippen LogP contribution is -1.82. The first-order valence-corrected chi connectivity index (χ1v) is 8.41. The van der Waals surface area contributed by atoms with Gasteiger partial charge in [0.2, 0.25) is 0 Å². The molecule has 0 aliphatic rings. The number of aromatic hydroxyl groups is 1. The largest absolute Gasteiger partial charge is 0.508 e. The minimum atomic E-state index is 0.272. The second-order valence-electron chi connectivity index (χ2n) is 6.51. The Balaban J connectivity index is 1.69. The van der Waals surface area contributed by atoms with E-state index in [0.29, 0.717) is 0 Å². The molecule has 2 aromatic carbocycles. The van der Waals surface area contributed by atoms with Gasteiger partial charge in [0.1, 0.15) is 11.4 Å². The lowest BCUT2D eigenvalue weighted by molar-refractivity contribution is 0.475. The van der Waals surface area contributed by atoms with Gasteiger partial charge in [0.25, 0.3) is 0 Å². The molecule has 0 spiro atoms. The molecule has 26 heavy (non-hydrogen) atoms. The Morgan fingerprint density at radius 2 is 1.85 bits per heavy atom. The summed E-state index contributed by atoms with van der Waals surface area (Å²) in [7, 11) is 0. The SMILES string of the molecule is Cc1cc(O)cc(-c2ccc3[nH]nc(-c4cc5ncccc5[nH]4)c3c2)c1. The fourth-order valence-electron chi connectivity index (χ4n) is 3.41. The van der Waals surface area contributed by atoms with Crippen molar-refractivity contribution in [1.82, 2.24) is 20.2 Å². The van der Waals surface area contributed by atoms with Crippen molar-refractivity contribution in [2.24, 2.45) is 0 Å². The molecule has 0 unspecified atom stereocenters. The third kappa shape index (κ3) is 2.33. The highest BCUT2D eigenvalue weighted by atomic mass is 16.3. The highest BCUT2D eigenvalue weighted by Crippen LogP contribution is 2.32. The summed E-state index contributed by atoms with van der Waals surface area (Å²) in [5.74, 6) is 0.272. The van der Waals surface area contributed by atoms with Crippen LogP contribution in [-0.4, -0.2) is 25.3 Å². The van der Waals surface area contributed by atoms with Crippen LogP contribution in [0.1, 0.15) is 5.56 Å². The van der Waals surface area contributed by atoms with Crippen LogP contribution in [0.4, 0.5) is 0 Å². The summed E-state index contributed by atoms with van der Waals surface area (Å²) in [5, 5.41) is 18.5. The number of nitrogens with one attached hydrogen (secondary N) is 2. The molecule has 0 amide bonds. The standard InChI is InChI=1S/C21H16N4O/c1-12-7-14(9-15(26)8-12)13-4-5-17-16(10-13)21(25-24-17)20-11-19-18(23-20)3-2-6-22-19/h2-11,23,26H,1H3,(H,24,25). The van der Waals surface area contributed by atoms with E-state index in [1.54, 1.807) is 18.3 Å². The molecule has 3 N–H and O–H groups in total. The normalized spacial score (nSPS) is 11.4. The average molecular weight is 340 g/mol. The lowest BCUT2D eigenvalue weighted by Gasteiger charge is -2.05. The zero-order valence-corrected chi connectivity index (χ0v) is 14.1. The zero-order chi connectivity index (χ0) is 17.7. The van der Waals surface area contributed by atoms with Gasteiger partial charge in [-0.1, -0.05) is 12.1 Å². The molecular weight excluding hydrogens is 324 g/mol. The molecule has 5 nitrogen and oxygen atoms in total.